The number of aryl methyl sites for hydroxylation is 1. The molecule has 78 valence electrons. The van der Waals surface area contributed by atoms with Gasteiger partial charge in [-0.15, -0.1) is 0 Å². The number of aromatic nitrogens is 2. The molecular weight excluding hydrogens is 184 g/mol. The Morgan fingerprint density at radius 2 is 1.80 bits per heavy atom. The smallest absolute Gasteiger partial charge is 0.116 e. The van der Waals surface area contributed by atoms with E-state index in [2.05, 4.69) is 48.9 Å². The van der Waals surface area contributed by atoms with Gasteiger partial charge >= 0.3 is 0 Å². The van der Waals surface area contributed by atoms with Crippen LogP contribution in [0.2, 0.25) is 0 Å². The SMILES string of the molecule is Cc1ncnc2ccc(C(C)(C)C)cc12. The van der Waals surface area contributed by atoms with Gasteiger partial charge in [-0.3, -0.25) is 0 Å². The van der Waals surface area contributed by atoms with E-state index < -0.39 is 0 Å². The van der Waals surface area contributed by atoms with Gasteiger partial charge in [-0.2, -0.15) is 0 Å². The van der Waals surface area contributed by atoms with Crippen LogP contribution in [0.3, 0.4) is 0 Å². The Labute approximate surface area is 90.4 Å². The molecule has 1 heterocycles. The first-order chi connectivity index (χ1) is 6.98. The maximum absolute atomic E-state index is 4.25. The summed E-state index contributed by atoms with van der Waals surface area (Å²) in [5.41, 5.74) is 3.57. The van der Waals surface area contributed by atoms with Gasteiger partial charge in [0.2, 0.25) is 0 Å². The summed E-state index contributed by atoms with van der Waals surface area (Å²) < 4.78 is 0. The molecule has 0 atom stereocenters. The van der Waals surface area contributed by atoms with Gasteiger partial charge in [0.15, 0.2) is 0 Å². The fourth-order valence-electron chi connectivity index (χ4n) is 1.65. The number of hydrogen-bond acceptors (Lipinski definition) is 2. The first-order valence-electron chi connectivity index (χ1n) is 5.20. The first-order valence-corrected chi connectivity index (χ1v) is 5.20. The first kappa shape index (κ1) is 10.1. The van der Waals surface area contributed by atoms with Crippen molar-refractivity contribution in [3.63, 3.8) is 0 Å². The molecule has 0 spiro atoms. The van der Waals surface area contributed by atoms with Crippen molar-refractivity contribution in [2.75, 3.05) is 0 Å². The van der Waals surface area contributed by atoms with Crippen LogP contribution in [0.5, 0.6) is 0 Å². The van der Waals surface area contributed by atoms with E-state index in [0.29, 0.717) is 0 Å². The van der Waals surface area contributed by atoms with E-state index >= 15 is 0 Å². The van der Waals surface area contributed by atoms with Crippen LogP contribution in [0.4, 0.5) is 0 Å². The summed E-state index contributed by atoms with van der Waals surface area (Å²) in [6.45, 7) is 8.67. The highest BCUT2D eigenvalue weighted by Crippen LogP contribution is 2.25. The molecule has 2 nitrogen and oxygen atoms in total. The molecule has 0 radical (unpaired) electrons. The fourth-order valence-corrected chi connectivity index (χ4v) is 1.65. The molecule has 0 unspecified atom stereocenters. The van der Waals surface area contributed by atoms with Crippen molar-refractivity contribution >= 4 is 10.9 Å². The van der Waals surface area contributed by atoms with Gasteiger partial charge in [-0.05, 0) is 30.0 Å². The summed E-state index contributed by atoms with van der Waals surface area (Å²) in [4.78, 5) is 8.47. The Bertz CT molecular complexity index is 495. The number of hydrogen-bond donors (Lipinski definition) is 0. The van der Waals surface area contributed by atoms with Crippen molar-refractivity contribution < 1.29 is 0 Å². The Balaban J connectivity index is 2.70. The van der Waals surface area contributed by atoms with Gasteiger partial charge in [0.25, 0.3) is 0 Å². The maximum Gasteiger partial charge on any atom is 0.116 e. The average molecular weight is 200 g/mol. The predicted molar refractivity (Wildman–Crippen MR) is 63.0 cm³/mol. The highest BCUT2D eigenvalue weighted by molar-refractivity contribution is 5.81. The van der Waals surface area contributed by atoms with E-state index in [1.54, 1.807) is 6.33 Å². The van der Waals surface area contributed by atoms with Crippen LogP contribution in [0, 0.1) is 6.92 Å². The van der Waals surface area contributed by atoms with E-state index in [1.807, 2.05) is 6.92 Å². The summed E-state index contributed by atoms with van der Waals surface area (Å²) >= 11 is 0. The molecule has 0 aliphatic carbocycles. The molecular formula is C13H16N2. The van der Waals surface area contributed by atoms with Crippen molar-refractivity contribution in [1.29, 1.82) is 0 Å². The molecule has 0 aliphatic rings. The quantitative estimate of drug-likeness (QED) is 0.652. The highest BCUT2D eigenvalue weighted by Gasteiger charge is 2.14. The van der Waals surface area contributed by atoms with Gasteiger partial charge < -0.3 is 0 Å². The molecule has 2 heteroatoms. The molecule has 15 heavy (non-hydrogen) atoms. The van der Waals surface area contributed by atoms with Crippen LogP contribution in [0.25, 0.3) is 10.9 Å². The molecule has 2 rings (SSSR count). The lowest BCUT2D eigenvalue weighted by Gasteiger charge is -2.19. The largest absolute Gasteiger partial charge is 0.241 e. The zero-order valence-corrected chi connectivity index (χ0v) is 9.70. The molecule has 0 saturated heterocycles. The Hall–Kier alpha value is -1.44. The minimum Gasteiger partial charge on any atom is -0.241 e. The van der Waals surface area contributed by atoms with Gasteiger partial charge in [0.05, 0.1) is 5.52 Å². The molecule has 0 saturated carbocycles. The Kier molecular flexibility index (Phi) is 2.22. The van der Waals surface area contributed by atoms with Gasteiger partial charge in [0.1, 0.15) is 6.33 Å². The summed E-state index contributed by atoms with van der Waals surface area (Å²) in [6, 6.07) is 6.42. The number of rotatable bonds is 0. The normalized spacial score (nSPS) is 12.0. The minimum atomic E-state index is 0.177. The number of fused-ring (bicyclic) bond motifs is 1. The zero-order chi connectivity index (χ0) is 11.1. The van der Waals surface area contributed by atoms with E-state index in [-0.39, 0.29) is 5.41 Å². The van der Waals surface area contributed by atoms with Crippen LogP contribution in [-0.4, -0.2) is 9.97 Å². The van der Waals surface area contributed by atoms with Crippen LogP contribution < -0.4 is 0 Å². The van der Waals surface area contributed by atoms with Crippen molar-refractivity contribution in [3.05, 3.63) is 35.8 Å². The predicted octanol–water partition coefficient (Wildman–Crippen LogP) is 3.24. The second kappa shape index (κ2) is 3.30. The van der Waals surface area contributed by atoms with Crippen molar-refractivity contribution in [2.45, 2.75) is 33.1 Å². The van der Waals surface area contributed by atoms with Gasteiger partial charge in [-0.1, -0.05) is 26.8 Å². The third-order valence-corrected chi connectivity index (χ3v) is 2.70. The maximum atomic E-state index is 4.25. The van der Waals surface area contributed by atoms with E-state index in [1.165, 1.54) is 5.56 Å². The lowest BCUT2D eigenvalue weighted by molar-refractivity contribution is 0.591. The average Bonchev–Trinajstić information content (AvgIpc) is 2.16. The minimum absolute atomic E-state index is 0.177. The van der Waals surface area contributed by atoms with Crippen molar-refractivity contribution in [1.82, 2.24) is 9.97 Å². The molecule has 1 aromatic carbocycles. The van der Waals surface area contributed by atoms with Crippen LogP contribution in [0.15, 0.2) is 24.5 Å². The standard InChI is InChI=1S/C13H16N2/c1-9-11-7-10(13(2,3)4)5-6-12(11)15-8-14-9/h5-8H,1-4H3. The highest BCUT2D eigenvalue weighted by atomic mass is 14.8. The van der Waals surface area contributed by atoms with E-state index in [9.17, 15) is 0 Å². The third kappa shape index (κ3) is 1.84. The topological polar surface area (TPSA) is 25.8 Å². The second-order valence-electron chi connectivity index (χ2n) is 4.94. The van der Waals surface area contributed by atoms with E-state index in [4.69, 9.17) is 0 Å². The molecule has 0 bridgehead atoms. The van der Waals surface area contributed by atoms with Gasteiger partial charge in [-0.25, -0.2) is 9.97 Å². The van der Waals surface area contributed by atoms with Gasteiger partial charge in [0, 0.05) is 11.1 Å². The Morgan fingerprint density at radius 1 is 1.07 bits per heavy atom. The van der Waals surface area contributed by atoms with Crippen LogP contribution in [-0.2, 0) is 5.41 Å². The summed E-state index contributed by atoms with van der Waals surface area (Å²) in [6.07, 6.45) is 1.62. The number of benzene rings is 1. The molecule has 1 aromatic heterocycles. The molecule has 0 N–H and O–H groups in total. The molecule has 0 aliphatic heterocycles. The number of nitrogens with zero attached hydrogens (tertiary/aromatic N) is 2. The van der Waals surface area contributed by atoms with Crippen LogP contribution in [0.1, 0.15) is 32.0 Å². The zero-order valence-electron chi connectivity index (χ0n) is 9.70. The van der Waals surface area contributed by atoms with Crippen molar-refractivity contribution in [3.8, 4) is 0 Å². The lowest BCUT2D eigenvalue weighted by Crippen LogP contribution is -2.10. The fraction of sp³-hybridized carbons (Fsp3) is 0.385. The van der Waals surface area contributed by atoms with Crippen molar-refractivity contribution in [2.24, 2.45) is 0 Å². The summed E-state index contributed by atoms with van der Waals surface area (Å²) in [5.74, 6) is 0. The molecule has 2 aromatic rings. The van der Waals surface area contributed by atoms with Crippen LogP contribution >= 0.6 is 0 Å². The summed E-state index contributed by atoms with van der Waals surface area (Å²) in [7, 11) is 0. The molecule has 0 amide bonds. The third-order valence-electron chi connectivity index (χ3n) is 2.70. The molecule has 0 fully saturated rings. The monoisotopic (exact) mass is 200 g/mol. The Morgan fingerprint density at radius 3 is 2.47 bits per heavy atom. The second-order valence-corrected chi connectivity index (χ2v) is 4.94. The lowest BCUT2D eigenvalue weighted by atomic mass is 9.86. The summed E-state index contributed by atoms with van der Waals surface area (Å²) in [5, 5.41) is 1.16. The van der Waals surface area contributed by atoms with E-state index in [0.717, 1.165) is 16.6 Å².